The Morgan fingerprint density at radius 2 is 1.85 bits per heavy atom. The highest BCUT2D eigenvalue weighted by Crippen LogP contribution is 2.29. The van der Waals surface area contributed by atoms with Crippen LogP contribution in [0.3, 0.4) is 0 Å². The zero-order valence-corrected chi connectivity index (χ0v) is 15.8. The number of aryl methyl sites for hydroxylation is 1. The molecule has 4 nitrogen and oxygen atoms in total. The molecule has 1 aliphatic heterocycles. The smallest absolute Gasteiger partial charge is 0.258 e. The molecule has 0 unspecified atom stereocenters. The summed E-state index contributed by atoms with van der Waals surface area (Å²) in [6, 6.07) is 15.7. The summed E-state index contributed by atoms with van der Waals surface area (Å²) in [7, 11) is 0. The lowest BCUT2D eigenvalue weighted by atomic mass is 10.1. The number of nitrogens with zero attached hydrogens (tertiary/aromatic N) is 1. The van der Waals surface area contributed by atoms with Crippen molar-refractivity contribution in [3.8, 4) is 5.75 Å². The number of para-hydroxylation sites is 1. The molecule has 138 valence electrons. The van der Waals surface area contributed by atoms with Crippen molar-refractivity contribution in [1.29, 1.82) is 0 Å². The Kier molecular flexibility index (Phi) is 6.53. The molecule has 0 aromatic heterocycles. The molecule has 1 N–H and O–H groups in total. The second-order valence-corrected chi connectivity index (χ2v) is 7.05. The normalized spacial score (nSPS) is 15.6. The van der Waals surface area contributed by atoms with Crippen LogP contribution in [-0.4, -0.2) is 37.0 Å². The number of hydrogen-bond donors (Lipinski definition) is 1. The zero-order valence-electron chi connectivity index (χ0n) is 15.1. The second kappa shape index (κ2) is 9.06. The van der Waals surface area contributed by atoms with Gasteiger partial charge in [0.2, 0.25) is 0 Å². The van der Waals surface area contributed by atoms with E-state index in [9.17, 15) is 4.79 Å². The first-order chi connectivity index (χ1) is 12.6. The van der Waals surface area contributed by atoms with Crippen molar-refractivity contribution in [2.75, 3.05) is 26.2 Å². The van der Waals surface area contributed by atoms with Gasteiger partial charge in [-0.05, 0) is 56.1 Å². The lowest BCUT2D eigenvalue weighted by Gasteiger charge is -2.29. The molecule has 1 saturated heterocycles. The van der Waals surface area contributed by atoms with Crippen LogP contribution in [0.1, 0.15) is 30.0 Å². The highest BCUT2D eigenvalue weighted by molar-refractivity contribution is 6.31. The maximum absolute atomic E-state index is 12.3. The number of hydrogen-bond acceptors (Lipinski definition) is 3. The summed E-state index contributed by atoms with van der Waals surface area (Å²) in [5, 5.41) is 3.76. The minimum Gasteiger partial charge on any atom is -0.484 e. The SMILES string of the molecule is Cc1ccccc1OCC(=O)NC[C@H](c1ccccc1Cl)N1CCCC1. The minimum atomic E-state index is -0.121. The van der Waals surface area contributed by atoms with Crippen molar-refractivity contribution in [2.45, 2.75) is 25.8 Å². The molecule has 1 amide bonds. The number of ether oxygens (including phenoxy) is 1. The van der Waals surface area contributed by atoms with E-state index in [2.05, 4.69) is 10.2 Å². The van der Waals surface area contributed by atoms with Crippen LogP contribution in [0.5, 0.6) is 5.75 Å². The number of carbonyl (C=O) groups is 1. The van der Waals surface area contributed by atoms with Gasteiger partial charge >= 0.3 is 0 Å². The lowest BCUT2D eigenvalue weighted by Crippen LogP contribution is -2.38. The number of halogens is 1. The number of amides is 1. The van der Waals surface area contributed by atoms with Gasteiger partial charge in [0.15, 0.2) is 6.61 Å². The van der Waals surface area contributed by atoms with E-state index in [1.54, 1.807) is 0 Å². The lowest BCUT2D eigenvalue weighted by molar-refractivity contribution is -0.123. The fourth-order valence-corrected chi connectivity index (χ4v) is 3.62. The molecule has 1 atom stereocenters. The van der Waals surface area contributed by atoms with E-state index in [0.29, 0.717) is 6.54 Å². The standard InChI is InChI=1S/C21H25ClN2O2/c1-16-8-2-5-11-20(16)26-15-21(25)23-14-19(24-12-6-7-13-24)17-9-3-4-10-18(17)22/h2-5,8-11,19H,6-7,12-15H2,1H3,(H,23,25)/t19-/m1/s1. The van der Waals surface area contributed by atoms with E-state index in [0.717, 1.165) is 35.0 Å². The van der Waals surface area contributed by atoms with Crippen LogP contribution < -0.4 is 10.1 Å². The molecule has 5 heteroatoms. The molecule has 0 aliphatic carbocycles. The van der Waals surface area contributed by atoms with Gasteiger partial charge in [0.25, 0.3) is 5.91 Å². The van der Waals surface area contributed by atoms with Gasteiger partial charge in [0.05, 0.1) is 6.04 Å². The average molecular weight is 373 g/mol. The average Bonchev–Trinajstić information content (AvgIpc) is 3.17. The third kappa shape index (κ3) is 4.77. The Balaban J connectivity index is 1.60. The molecule has 26 heavy (non-hydrogen) atoms. The highest BCUT2D eigenvalue weighted by atomic mass is 35.5. The first-order valence-electron chi connectivity index (χ1n) is 9.09. The van der Waals surface area contributed by atoms with E-state index in [1.807, 2.05) is 55.5 Å². The quantitative estimate of drug-likeness (QED) is 0.799. The maximum Gasteiger partial charge on any atom is 0.258 e. The summed E-state index contributed by atoms with van der Waals surface area (Å²) in [6.07, 6.45) is 2.37. The van der Waals surface area contributed by atoms with Crippen LogP contribution >= 0.6 is 11.6 Å². The number of nitrogens with one attached hydrogen (secondary N) is 1. The first kappa shape index (κ1) is 18.7. The van der Waals surface area contributed by atoms with Crippen molar-refractivity contribution in [3.05, 3.63) is 64.7 Å². The van der Waals surface area contributed by atoms with Crippen LogP contribution in [-0.2, 0) is 4.79 Å². The molecular weight excluding hydrogens is 348 g/mol. The van der Waals surface area contributed by atoms with Crippen LogP contribution in [0, 0.1) is 6.92 Å². The summed E-state index contributed by atoms with van der Waals surface area (Å²) in [6.45, 7) is 4.57. The first-order valence-corrected chi connectivity index (χ1v) is 9.46. The number of rotatable bonds is 7. The number of carbonyl (C=O) groups excluding carboxylic acids is 1. The fourth-order valence-electron chi connectivity index (χ4n) is 3.36. The van der Waals surface area contributed by atoms with Gasteiger partial charge in [-0.3, -0.25) is 9.69 Å². The third-order valence-electron chi connectivity index (χ3n) is 4.79. The van der Waals surface area contributed by atoms with Crippen molar-refractivity contribution < 1.29 is 9.53 Å². The van der Waals surface area contributed by atoms with Gasteiger partial charge in [-0.2, -0.15) is 0 Å². The molecule has 0 radical (unpaired) electrons. The molecule has 2 aromatic carbocycles. The van der Waals surface area contributed by atoms with E-state index in [4.69, 9.17) is 16.3 Å². The number of benzene rings is 2. The van der Waals surface area contributed by atoms with Crippen molar-refractivity contribution in [1.82, 2.24) is 10.2 Å². The minimum absolute atomic E-state index is 0.0140. The van der Waals surface area contributed by atoms with Gasteiger partial charge < -0.3 is 10.1 Å². The van der Waals surface area contributed by atoms with Crippen molar-refractivity contribution in [3.63, 3.8) is 0 Å². The molecule has 0 spiro atoms. The molecule has 1 aliphatic rings. The van der Waals surface area contributed by atoms with Crippen molar-refractivity contribution >= 4 is 17.5 Å². The van der Waals surface area contributed by atoms with Gasteiger partial charge in [-0.1, -0.05) is 48.0 Å². The van der Waals surface area contributed by atoms with E-state index < -0.39 is 0 Å². The molecule has 1 fully saturated rings. The predicted octanol–water partition coefficient (Wildman–Crippen LogP) is 3.98. The van der Waals surface area contributed by atoms with Crippen LogP contribution in [0.25, 0.3) is 0 Å². The molecular formula is C21H25ClN2O2. The van der Waals surface area contributed by atoms with E-state index in [1.165, 1.54) is 12.8 Å². The van der Waals surface area contributed by atoms with Gasteiger partial charge in [0.1, 0.15) is 5.75 Å². The zero-order chi connectivity index (χ0) is 18.4. The molecule has 2 aromatic rings. The van der Waals surface area contributed by atoms with E-state index in [-0.39, 0.29) is 18.6 Å². The summed E-state index contributed by atoms with van der Waals surface area (Å²) in [4.78, 5) is 14.7. The summed E-state index contributed by atoms with van der Waals surface area (Å²) < 4.78 is 5.63. The Morgan fingerprint density at radius 1 is 1.15 bits per heavy atom. The van der Waals surface area contributed by atoms with Crippen molar-refractivity contribution in [2.24, 2.45) is 0 Å². The highest BCUT2D eigenvalue weighted by Gasteiger charge is 2.25. The third-order valence-corrected chi connectivity index (χ3v) is 5.13. The Morgan fingerprint density at radius 3 is 2.58 bits per heavy atom. The van der Waals surface area contributed by atoms with Crippen LogP contribution in [0.2, 0.25) is 5.02 Å². The molecule has 0 bridgehead atoms. The summed E-state index contributed by atoms with van der Waals surface area (Å²) >= 11 is 6.41. The fraction of sp³-hybridized carbons (Fsp3) is 0.381. The predicted molar refractivity (Wildman–Crippen MR) is 105 cm³/mol. The largest absolute Gasteiger partial charge is 0.484 e. The van der Waals surface area contributed by atoms with Gasteiger partial charge in [0, 0.05) is 11.6 Å². The van der Waals surface area contributed by atoms with Crippen LogP contribution in [0.15, 0.2) is 48.5 Å². The Labute approximate surface area is 160 Å². The van der Waals surface area contributed by atoms with Gasteiger partial charge in [-0.25, -0.2) is 0 Å². The maximum atomic E-state index is 12.3. The van der Waals surface area contributed by atoms with E-state index >= 15 is 0 Å². The topological polar surface area (TPSA) is 41.6 Å². The molecule has 0 saturated carbocycles. The Hall–Kier alpha value is -2.04. The Bertz CT molecular complexity index is 744. The monoisotopic (exact) mass is 372 g/mol. The summed E-state index contributed by atoms with van der Waals surface area (Å²) in [5.41, 5.74) is 2.09. The van der Waals surface area contributed by atoms with Gasteiger partial charge in [-0.15, -0.1) is 0 Å². The van der Waals surface area contributed by atoms with Crippen LogP contribution in [0.4, 0.5) is 0 Å². The molecule has 3 rings (SSSR count). The molecule has 1 heterocycles. The number of likely N-dealkylation sites (tertiary alicyclic amines) is 1. The summed E-state index contributed by atoms with van der Waals surface area (Å²) in [5.74, 6) is 0.620. The second-order valence-electron chi connectivity index (χ2n) is 6.64.